The van der Waals surface area contributed by atoms with E-state index in [1.54, 1.807) is 0 Å². The second-order valence-corrected chi connectivity index (χ2v) is 3.94. The lowest BCUT2D eigenvalue weighted by atomic mass is 10.3. The van der Waals surface area contributed by atoms with Gasteiger partial charge in [0.05, 0.1) is 12.4 Å². The molecule has 3 heteroatoms. The number of hydrogen-bond acceptors (Lipinski definition) is 3. The molecule has 0 N–H and O–H groups in total. The highest BCUT2D eigenvalue weighted by Crippen LogP contribution is 1.85. The predicted octanol–water partition coefficient (Wildman–Crippen LogP) is 4.00. The van der Waals surface area contributed by atoms with Gasteiger partial charge in [-0.15, -0.1) is 0 Å². The summed E-state index contributed by atoms with van der Waals surface area (Å²) in [5.74, 6) is 0.789. The average Bonchev–Trinajstić information content (AvgIpc) is 2.38. The highest BCUT2D eigenvalue weighted by Gasteiger charge is 1.81. The lowest BCUT2D eigenvalue weighted by Crippen LogP contribution is -2.15. The summed E-state index contributed by atoms with van der Waals surface area (Å²) in [7, 11) is 3.93. The van der Waals surface area contributed by atoms with E-state index >= 15 is 0 Å². The molecule has 0 heterocycles. The molecule has 0 saturated carbocycles. The molecule has 0 aromatic carbocycles. The third-order valence-electron chi connectivity index (χ3n) is 2.36. The molecule has 0 aliphatic rings. The van der Waals surface area contributed by atoms with Crippen LogP contribution in [-0.4, -0.2) is 44.4 Å². The molecular weight excluding hydrogens is 224 g/mol. The summed E-state index contributed by atoms with van der Waals surface area (Å²) in [4.78, 5) is 6.17. The molecular formula is C15H34N2O. The lowest BCUT2D eigenvalue weighted by Gasteiger charge is -2.07. The summed E-state index contributed by atoms with van der Waals surface area (Å²) in [5, 5.41) is 0. The Kier molecular flexibility index (Phi) is 23.0. The van der Waals surface area contributed by atoms with Gasteiger partial charge in [0.15, 0.2) is 0 Å². The molecule has 0 aromatic rings. The molecule has 0 amide bonds. The zero-order chi connectivity index (χ0) is 15.0. The van der Waals surface area contributed by atoms with E-state index in [1.165, 1.54) is 5.71 Å². The first-order valence-electron chi connectivity index (χ1n) is 6.78. The number of ether oxygens (including phenoxy) is 1. The molecule has 3 nitrogen and oxygen atoms in total. The van der Waals surface area contributed by atoms with Gasteiger partial charge in [-0.05, 0) is 47.3 Å². The van der Waals surface area contributed by atoms with Crippen molar-refractivity contribution in [3.8, 4) is 0 Å². The number of aliphatic imine (C=N–C) groups is 1. The molecule has 110 valence electrons. The molecule has 0 radical (unpaired) electrons. The number of nitrogens with zero attached hydrogens (tertiary/aromatic N) is 2. The molecule has 0 aromatic heterocycles. The minimum atomic E-state index is 0.731. The first-order chi connectivity index (χ1) is 8.39. The Morgan fingerprint density at radius 2 is 1.56 bits per heavy atom. The van der Waals surface area contributed by atoms with Gasteiger partial charge < -0.3 is 9.64 Å². The smallest absolute Gasteiger partial charge is 0.0857 e. The molecule has 0 aliphatic carbocycles. The van der Waals surface area contributed by atoms with Crippen LogP contribution in [0.2, 0.25) is 0 Å². The third-order valence-corrected chi connectivity index (χ3v) is 2.36. The molecule has 0 atom stereocenters. The molecule has 0 rings (SSSR count). The second kappa shape index (κ2) is 18.5. The molecule has 0 aliphatic heterocycles. The van der Waals surface area contributed by atoms with E-state index in [9.17, 15) is 0 Å². The van der Waals surface area contributed by atoms with Crippen LogP contribution in [-0.2, 0) is 4.74 Å². The molecule has 0 saturated heterocycles. The van der Waals surface area contributed by atoms with Crippen LogP contribution in [0, 0.1) is 0 Å². The Morgan fingerprint density at radius 3 is 1.56 bits per heavy atom. The van der Waals surface area contributed by atoms with Gasteiger partial charge in [0.1, 0.15) is 0 Å². The van der Waals surface area contributed by atoms with Gasteiger partial charge in [0, 0.05) is 12.8 Å². The SMILES string of the molecule is C=C(C)OCC.CCC(C)=NC.CCN(C)CC. The van der Waals surface area contributed by atoms with Crippen LogP contribution < -0.4 is 0 Å². The fourth-order valence-electron chi connectivity index (χ4n) is 0.628. The fraction of sp³-hybridized carbons (Fsp3) is 0.800. The van der Waals surface area contributed by atoms with E-state index in [0.717, 1.165) is 31.9 Å². The van der Waals surface area contributed by atoms with Crippen LogP contribution in [0.1, 0.15) is 48.0 Å². The van der Waals surface area contributed by atoms with Crippen LogP contribution in [0.25, 0.3) is 0 Å². The van der Waals surface area contributed by atoms with E-state index in [1.807, 2.05) is 27.8 Å². The van der Waals surface area contributed by atoms with Crippen LogP contribution >= 0.6 is 0 Å². The maximum atomic E-state index is 4.85. The van der Waals surface area contributed by atoms with Gasteiger partial charge in [0.25, 0.3) is 0 Å². The minimum Gasteiger partial charge on any atom is -0.499 e. The van der Waals surface area contributed by atoms with Gasteiger partial charge >= 0.3 is 0 Å². The Bertz CT molecular complexity index is 197. The van der Waals surface area contributed by atoms with Gasteiger partial charge in [-0.1, -0.05) is 27.4 Å². The van der Waals surface area contributed by atoms with E-state index in [-0.39, 0.29) is 0 Å². The van der Waals surface area contributed by atoms with Crippen LogP contribution in [0.15, 0.2) is 17.3 Å². The number of allylic oxidation sites excluding steroid dienone is 1. The van der Waals surface area contributed by atoms with Crippen molar-refractivity contribution in [3.05, 3.63) is 12.3 Å². The van der Waals surface area contributed by atoms with E-state index in [4.69, 9.17) is 4.74 Å². The van der Waals surface area contributed by atoms with E-state index < -0.39 is 0 Å². The molecule has 0 unspecified atom stereocenters. The summed E-state index contributed by atoms with van der Waals surface area (Å²) in [6.07, 6.45) is 1.08. The van der Waals surface area contributed by atoms with Crippen molar-refractivity contribution < 1.29 is 4.74 Å². The summed E-state index contributed by atoms with van der Waals surface area (Å²) in [6, 6.07) is 0. The second-order valence-electron chi connectivity index (χ2n) is 3.94. The van der Waals surface area contributed by atoms with Crippen molar-refractivity contribution in [1.82, 2.24) is 4.90 Å². The summed E-state index contributed by atoms with van der Waals surface area (Å²) in [5.41, 5.74) is 1.22. The van der Waals surface area contributed by atoms with E-state index in [2.05, 4.69) is 44.3 Å². The zero-order valence-electron chi connectivity index (χ0n) is 13.8. The largest absolute Gasteiger partial charge is 0.499 e. The Hall–Kier alpha value is -0.830. The summed E-state index contributed by atoms with van der Waals surface area (Å²) in [6.45, 7) is 18.8. The third kappa shape index (κ3) is 29.4. The van der Waals surface area contributed by atoms with Crippen LogP contribution in [0.4, 0.5) is 0 Å². The molecule has 0 fully saturated rings. The van der Waals surface area contributed by atoms with Crippen molar-refractivity contribution >= 4 is 5.71 Å². The topological polar surface area (TPSA) is 24.8 Å². The predicted molar refractivity (Wildman–Crippen MR) is 84.6 cm³/mol. The summed E-state index contributed by atoms with van der Waals surface area (Å²) < 4.78 is 4.85. The Morgan fingerprint density at radius 1 is 1.11 bits per heavy atom. The zero-order valence-corrected chi connectivity index (χ0v) is 13.8. The van der Waals surface area contributed by atoms with Crippen molar-refractivity contribution in [3.63, 3.8) is 0 Å². The molecule has 0 bridgehead atoms. The van der Waals surface area contributed by atoms with Gasteiger partial charge in [0.2, 0.25) is 0 Å². The first kappa shape index (κ1) is 22.4. The molecule has 0 spiro atoms. The minimum absolute atomic E-state index is 0.731. The van der Waals surface area contributed by atoms with Crippen molar-refractivity contribution in [2.24, 2.45) is 4.99 Å². The fourth-order valence-corrected chi connectivity index (χ4v) is 0.628. The standard InChI is InChI=1S/C5H13N.C5H11N.C5H10O/c1-4-6(3)5-2;1-4-5(2)6-3;1-4-6-5(2)3/h4-5H2,1-3H3;4H2,1-3H3;2,4H2,1,3H3. The maximum absolute atomic E-state index is 4.85. The Labute approximate surface area is 115 Å². The number of rotatable bonds is 5. The first-order valence-corrected chi connectivity index (χ1v) is 6.78. The van der Waals surface area contributed by atoms with Crippen molar-refractivity contribution in [2.45, 2.75) is 48.0 Å². The average molecular weight is 258 g/mol. The highest BCUT2D eigenvalue weighted by atomic mass is 16.5. The van der Waals surface area contributed by atoms with Gasteiger partial charge in [-0.2, -0.15) is 0 Å². The Balaban J connectivity index is -0.000000187. The quantitative estimate of drug-likeness (QED) is 0.550. The highest BCUT2D eigenvalue weighted by molar-refractivity contribution is 5.81. The molecule has 18 heavy (non-hydrogen) atoms. The maximum Gasteiger partial charge on any atom is 0.0857 e. The summed E-state index contributed by atoms with van der Waals surface area (Å²) >= 11 is 0. The van der Waals surface area contributed by atoms with E-state index in [0.29, 0.717) is 0 Å². The van der Waals surface area contributed by atoms with Crippen LogP contribution in [0.5, 0.6) is 0 Å². The normalized spacial score (nSPS) is 9.94. The van der Waals surface area contributed by atoms with Gasteiger partial charge in [-0.25, -0.2) is 0 Å². The van der Waals surface area contributed by atoms with Gasteiger partial charge in [-0.3, -0.25) is 4.99 Å². The van der Waals surface area contributed by atoms with Crippen molar-refractivity contribution in [2.75, 3.05) is 33.8 Å². The van der Waals surface area contributed by atoms with Crippen LogP contribution in [0.3, 0.4) is 0 Å². The van der Waals surface area contributed by atoms with Crippen molar-refractivity contribution in [1.29, 1.82) is 0 Å². The lowest BCUT2D eigenvalue weighted by molar-refractivity contribution is 0.233. The number of hydrogen-bond donors (Lipinski definition) is 0. The monoisotopic (exact) mass is 258 g/mol.